The van der Waals surface area contributed by atoms with Crippen LogP contribution in [0.3, 0.4) is 0 Å². The third-order valence-electron chi connectivity index (χ3n) is 1.65. The molecule has 0 bridgehead atoms. The maximum atomic E-state index is 10.7. The second kappa shape index (κ2) is 5.00. The quantitative estimate of drug-likeness (QED) is 0.782. The highest BCUT2D eigenvalue weighted by atomic mass is 35.5. The Balaban J connectivity index is 2.66. The Morgan fingerprint density at radius 1 is 1.33 bits per heavy atom. The van der Waals surface area contributed by atoms with Crippen molar-refractivity contribution in [2.24, 2.45) is 0 Å². The largest absolute Gasteiger partial charge is 0.474 e. The SMILES string of the molecule is O=C(O)C(=O)NCc1ccc(Cl)cc1Cl. The fourth-order valence-corrected chi connectivity index (χ4v) is 1.39. The van der Waals surface area contributed by atoms with E-state index in [4.69, 9.17) is 28.3 Å². The molecule has 0 unspecified atom stereocenters. The van der Waals surface area contributed by atoms with E-state index in [0.29, 0.717) is 15.6 Å². The number of hydrogen-bond acceptors (Lipinski definition) is 2. The van der Waals surface area contributed by atoms with Crippen LogP contribution in [-0.2, 0) is 16.1 Å². The van der Waals surface area contributed by atoms with Gasteiger partial charge in [-0.2, -0.15) is 0 Å². The monoisotopic (exact) mass is 247 g/mol. The number of benzene rings is 1. The fourth-order valence-electron chi connectivity index (χ4n) is 0.916. The molecule has 0 aliphatic rings. The molecule has 0 saturated heterocycles. The van der Waals surface area contributed by atoms with Gasteiger partial charge in [-0.15, -0.1) is 0 Å². The van der Waals surface area contributed by atoms with Crippen LogP contribution in [0.1, 0.15) is 5.56 Å². The summed E-state index contributed by atoms with van der Waals surface area (Å²) in [5.74, 6) is -2.60. The number of rotatable bonds is 2. The zero-order chi connectivity index (χ0) is 11.4. The lowest BCUT2D eigenvalue weighted by Crippen LogP contribution is -2.30. The highest BCUT2D eigenvalue weighted by molar-refractivity contribution is 6.35. The van der Waals surface area contributed by atoms with E-state index in [1.165, 1.54) is 6.07 Å². The standard InChI is InChI=1S/C9H7Cl2NO3/c10-6-2-1-5(7(11)3-6)4-12-8(13)9(14)15/h1-3H,4H2,(H,12,13)(H,14,15). The van der Waals surface area contributed by atoms with Crippen molar-refractivity contribution >= 4 is 35.1 Å². The van der Waals surface area contributed by atoms with Crippen LogP contribution >= 0.6 is 23.2 Å². The smallest absolute Gasteiger partial charge is 0.394 e. The molecule has 1 aromatic carbocycles. The van der Waals surface area contributed by atoms with E-state index in [2.05, 4.69) is 5.32 Å². The van der Waals surface area contributed by atoms with Crippen LogP contribution in [0.15, 0.2) is 18.2 Å². The van der Waals surface area contributed by atoms with Crippen molar-refractivity contribution in [1.82, 2.24) is 5.32 Å². The number of amides is 1. The van der Waals surface area contributed by atoms with E-state index in [1.807, 2.05) is 0 Å². The third kappa shape index (κ3) is 3.42. The number of carbonyl (C=O) groups is 2. The molecule has 0 aliphatic carbocycles. The van der Waals surface area contributed by atoms with Crippen molar-refractivity contribution in [3.63, 3.8) is 0 Å². The minimum atomic E-state index is -1.53. The maximum Gasteiger partial charge on any atom is 0.394 e. The van der Waals surface area contributed by atoms with E-state index in [9.17, 15) is 9.59 Å². The van der Waals surface area contributed by atoms with E-state index in [-0.39, 0.29) is 6.54 Å². The zero-order valence-corrected chi connectivity index (χ0v) is 8.97. The molecule has 0 spiro atoms. The number of carbonyl (C=O) groups excluding carboxylic acids is 1. The second-order valence-electron chi connectivity index (χ2n) is 2.72. The Labute approximate surface area is 95.8 Å². The zero-order valence-electron chi connectivity index (χ0n) is 7.46. The highest BCUT2D eigenvalue weighted by Crippen LogP contribution is 2.20. The Morgan fingerprint density at radius 2 is 2.00 bits per heavy atom. The number of aliphatic carboxylic acids is 1. The summed E-state index contributed by atoms with van der Waals surface area (Å²) in [7, 11) is 0. The summed E-state index contributed by atoms with van der Waals surface area (Å²) in [6.45, 7) is 0.0567. The average molecular weight is 248 g/mol. The summed E-state index contributed by atoms with van der Waals surface area (Å²) in [4.78, 5) is 20.9. The second-order valence-corrected chi connectivity index (χ2v) is 3.57. The molecule has 0 atom stereocenters. The van der Waals surface area contributed by atoms with Gasteiger partial charge in [-0.05, 0) is 17.7 Å². The van der Waals surface area contributed by atoms with Crippen LogP contribution in [0, 0.1) is 0 Å². The molecule has 0 radical (unpaired) electrons. The van der Waals surface area contributed by atoms with Crippen LogP contribution in [0.4, 0.5) is 0 Å². The van der Waals surface area contributed by atoms with Gasteiger partial charge in [-0.25, -0.2) is 4.79 Å². The van der Waals surface area contributed by atoms with E-state index >= 15 is 0 Å². The molecular formula is C9H7Cl2NO3. The summed E-state index contributed by atoms with van der Waals surface area (Å²) >= 11 is 11.5. The van der Waals surface area contributed by atoms with Crippen molar-refractivity contribution in [2.75, 3.05) is 0 Å². The lowest BCUT2D eigenvalue weighted by atomic mass is 10.2. The first-order chi connectivity index (χ1) is 7.00. The molecule has 80 valence electrons. The van der Waals surface area contributed by atoms with Gasteiger partial charge >= 0.3 is 11.9 Å². The number of carboxylic acids is 1. The number of carboxylic acid groups (broad SMARTS) is 1. The minimum absolute atomic E-state index is 0.0567. The molecular weight excluding hydrogens is 241 g/mol. The Kier molecular flexibility index (Phi) is 3.94. The Bertz CT molecular complexity index is 406. The Hall–Kier alpha value is -1.26. The first-order valence-electron chi connectivity index (χ1n) is 3.95. The normalized spacial score (nSPS) is 9.73. The van der Waals surface area contributed by atoms with Crippen LogP contribution in [0.25, 0.3) is 0 Å². The minimum Gasteiger partial charge on any atom is -0.474 e. The molecule has 0 saturated carbocycles. The fraction of sp³-hybridized carbons (Fsp3) is 0.111. The van der Waals surface area contributed by atoms with Crippen LogP contribution in [0.2, 0.25) is 10.0 Å². The topological polar surface area (TPSA) is 66.4 Å². The van der Waals surface area contributed by atoms with Crippen molar-refractivity contribution in [3.05, 3.63) is 33.8 Å². The van der Waals surface area contributed by atoms with Crippen molar-refractivity contribution in [1.29, 1.82) is 0 Å². The molecule has 1 aromatic rings. The van der Waals surface area contributed by atoms with Gasteiger partial charge in [0.05, 0.1) is 0 Å². The van der Waals surface area contributed by atoms with Crippen molar-refractivity contribution < 1.29 is 14.7 Å². The molecule has 0 aliphatic heterocycles. The van der Waals surface area contributed by atoms with Gasteiger partial charge in [0.15, 0.2) is 0 Å². The first kappa shape index (κ1) is 11.8. The van der Waals surface area contributed by atoms with Gasteiger partial charge in [-0.3, -0.25) is 4.79 Å². The Morgan fingerprint density at radius 3 is 2.53 bits per heavy atom. The van der Waals surface area contributed by atoms with Gasteiger partial charge in [0.25, 0.3) is 0 Å². The van der Waals surface area contributed by atoms with Crippen LogP contribution in [0.5, 0.6) is 0 Å². The maximum absolute atomic E-state index is 10.7. The summed E-state index contributed by atoms with van der Waals surface area (Å²) in [6, 6.07) is 4.74. The molecule has 0 fully saturated rings. The number of nitrogens with one attached hydrogen (secondary N) is 1. The molecule has 0 aromatic heterocycles. The van der Waals surface area contributed by atoms with Crippen molar-refractivity contribution in [2.45, 2.75) is 6.54 Å². The molecule has 4 nitrogen and oxygen atoms in total. The summed E-state index contributed by atoms with van der Waals surface area (Å²) < 4.78 is 0. The number of hydrogen-bond donors (Lipinski definition) is 2. The summed E-state index contributed by atoms with van der Waals surface area (Å²) in [5, 5.41) is 11.4. The first-order valence-corrected chi connectivity index (χ1v) is 4.71. The van der Waals surface area contributed by atoms with Crippen LogP contribution < -0.4 is 5.32 Å². The highest BCUT2D eigenvalue weighted by Gasteiger charge is 2.10. The van der Waals surface area contributed by atoms with E-state index < -0.39 is 11.9 Å². The van der Waals surface area contributed by atoms with Crippen molar-refractivity contribution in [3.8, 4) is 0 Å². The van der Waals surface area contributed by atoms with Gasteiger partial charge in [0.1, 0.15) is 0 Å². The average Bonchev–Trinajstić information content (AvgIpc) is 2.15. The molecule has 0 heterocycles. The van der Waals surface area contributed by atoms with Gasteiger partial charge in [0, 0.05) is 16.6 Å². The van der Waals surface area contributed by atoms with Gasteiger partial charge < -0.3 is 10.4 Å². The number of halogens is 2. The third-order valence-corrected chi connectivity index (χ3v) is 2.24. The predicted molar refractivity (Wildman–Crippen MR) is 55.9 cm³/mol. The molecule has 1 rings (SSSR count). The van der Waals surface area contributed by atoms with E-state index in [0.717, 1.165) is 0 Å². The van der Waals surface area contributed by atoms with Gasteiger partial charge in [-0.1, -0.05) is 29.3 Å². The molecule has 15 heavy (non-hydrogen) atoms. The summed E-state index contributed by atoms with van der Waals surface area (Å²) in [5.41, 5.74) is 0.607. The molecule has 2 N–H and O–H groups in total. The van der Waals surface area contributed by atoms with E-state index in [1.54, 1.807) is 12.1 Å². The van der Waals surface area contributed by atoms with Crippen LogP contribution in [-0.4, -0.2) is 17.0 Å². The van der Waals surface area contributed by atoms with Gasteiger partial charge in [0.2, 0.25) is 0 Å². The lowest BCUT2D eigenvalue weighted by molar-refractivity contribution is -0.150. The summed E-state index contributed by atoms with van der Waals surface area (Å²) in [6.07, 6.45) is 0. The predicted octanol–water partition coefficient (Wildman–Crippen LogP) is 1.69. The molecule has 1 amide bonds. The lowest BCUT2D eigenvalue weighted by Gasteiger charge is -2.04. The molecule has 6 heteroatoms.